The molecule has 3 rings (SSSR count). The van der Waals surface area contributed by atoms with Gasteiger partial charge in [-0.3, -0.25) is 0 Å². The molecule has 0 amide bonds. The first-order valence-corrected chi connectivity index (χ1v) is 12.4. The Bertz CT molecular complexity index is 586. The Morgan fingerprint density at radius 1 is 1.08 bits per heavy atom. The number of hydrogen-bond acceptors (Lipinski definition) is 5. The summed E-state index contributed by atoms with van der Waals surface area (Å²) < 4.78 is 24.7. The number of benzene rings is 1. The zero-order valence-corrected chi connectivity index (χ0v) is 17.5. The van der Waals surface area contributed by atoms with Crippen molar-refractivity contribution in [3.63, 3.8) is 0 Å². The van der Waals surface area contributed by atoms with Crippen molar-refractivity contribution in [2.24, 2.45) is 0 Å². The van der Waals surface area contributed by atoms with Crippen molar-refractivity contribution >= 4 is 8.32 Å². The zero-order valence-electron chi connectivity index (χ0n) is 16.5. The summed E-state index contributed by atoms with van der Waals surface area (Å²) in [5, 5.41) is 9.90. The van der Waals surface area contributed by atoms with Gasteiger partial charge in [-0.1, -0.05) is 51.1 Å². The van der Waals surface area contributed by atoms with Crippen LogP contribution in [-0.2, 0) is 18.6 Å². The molecule has 1 N–H and O–H groups in total. The van der Waals surface area contributed by atoms with E-state index in [1.165, 1.54) is 0 Å². The molecule has 0 bridgehead atoms. The van der Waals surface area contributed by atoms with Crippen molar-refractivity contribution in [1.29, 1.82) is 0 Å². The van der Waals surface area contributed by atoms with E-state index in [1.807, 2.05) is 30.3 Å². The first kappa shape index (κ1) is 20.0. The van der Waals surface area contributed by atoms with E-state index in [2.05, 4.69) is 33.9 Å². The van der Waals surface area contributed by atoms with Gasteiger partial charge in [0.15, 0.2) is 8.32 Å². The van der Waals surface area contributed by atoms with Crippen LogP contribution in [-0.4, -0.2) is 57.7 Å². The first-order chi connectivity index (χ1) is 12.2. The molecule has 0 aliphatic carbocycles. The first-order valence-electron chi connectivity index (χ1n) is 9.45. The maximum absolute atomic E-state index is 9.75. The fourth-order valence-electron chi connectivity index (χ4n) is 3.31. The maximum atomic E-state index is 9.75. The van der Waals surface area contributed by atoms with E-state index in [9.17, 15) is 5.11 Å². The molecule has 1 aromatic carbocycles. The van der Waals surface area contributed by atoms with Crippen LogP contribution in [0.4, 0.5) is 0 Å². The monoisotopic (exact) mass is 380 g/mol. The van der Waals surface area contributed by atoms with Gasteiger partial charge in [0.2, 0.25) is 0 Å². The summed E-state index contributed by atoms with van der Waals surface area (Å²) >= 11 is 0. The van der Waals surface area contributed by atoms with Gasteiger partial charge >= 0.3 is 0 Å². The summed E-state index contributed by atoms with van der Waals surface area (Å²) in [5.74, 6) is 0. The summed E-state index contributed by atoms with van der Waals surface area (Å²) in [6.07, 6.45) is -0.830. The molecule has 0 aromatic heterocycles. The predicted molar refractivity (Wildman–Crippen MR) is 103 cm³/mol. The van der Waals surface area contributed by atoms with Gasteiger partial charge in [0, 0.05) is 0 Å². The number of hydrogen-bond donors (Lipinski definition) is 1. The molecule has 0 spiro atoms. The SMILES string of the molecule is CC(C)(C)[Si](C)(C)O[C@H]1COC2C1OC[C@@H]2OC(CO)c1ccccc1. The third-order valence-corrected chi connectivity index (χ3v) is 10.4. The molecule has 2 heterocycles. The highest BCUT2D eigenvalue weighted by Crippen LogP contribution is 2.40. The quantitative estimate of drug-likeness (QED) is 0.768. The maximum Gasteiger partial charge on any atom is 0.192 e. The normalized spacial score (nSPS) is 30.4. The van der Waals surface area contributed by atoms with Crippen LogP contribution in [0.5, 0.6) is 0 Å². The lowest BCUT2D eigenvalue weighted by Gasteiger charge is -2.39. The van der Waals surface area contributed by atoms with Gasteiger partial charge in [0.25, 0.3) is 0 Å². The molecule has 146 valence electrons. The van der Waals surface area contributed by atoms with Gasteiger partial charge in [-0.2, -0.15) is 0 Å². The van der Waals surface area contributed by atoms with Crippen molar-refractivity contribution in [1.82, 2.24) is 0 Å². The Morgan fingerprint density at radius 3 is 2.23 bits per heavy atom. The van der Waals surface area contributed by atoms with E-state index in [0.29, 0.717) is 13.2 Å². The van der Waals surface area contributed by atoms with Crippen LogP contribution >= 0.6 is 0 Å². The van der Waals surface area contributed by atoms with Crippen LogP contribution in [0.15, 0.2) is 30.3 Å². The van der Waals surface area contributed by atoms with Gasteiger partial charge in [0.05, 0.1) is 25.9 Å². The Hall–Kier alpha value is -0.763. The predicted octanol–water partition coefficient (Wildman–Crippen LogP) is 3.29. The average Bonchev–Trinajstić information content (AvgIpc) is 3.15. The molecule has 5 nitrogen and oxygen atoms in total. The fraction of sp³-hybridized carbons (Fsp3) is 0.700. The highest BCUT2D eigenvalue weighted by atomic mass is 28.4. The Balaban J connectivity index is 1.63. The Labute approximate surface area is 157 Å². The molecule has 2 aliphatic heterocycles. The standard InChI is InChI=1S/C20H32O5Si/c1-20(2,3)26(4,5)25-17-13-23-18-16(12-22-19(17)18)24-15(11-21)14-9-7-6-8-10-14/h6-10,15-19,21H,11-13H2,1-5H3/t15?,16-,17-,18?,19?/m0/s1. The summed E-state index contributed by atoms with van der Waals surface area (Å²) in [6.45, 7) is 12.1. The van der Waals surface area contributed by atoms with E-state index in [4.69, 9.17) is 18.6 Å². The number of aliphatic hydroxyl groups is 1. The highest BCUT2D eigenvalue weighted by Gasteiger charge is 2.52. The second kappa shape index (κ2) is 7.70. The lowest BCUT2D eigenvalue weighted by Crippen LogP contribution is -2.47. The van der Waals surface area contributed by atoms with Gasteiger partial charge in [-0.05, 0) is 23.7 Å². The van der Waals surface area contributed by atoms with Crippen molar-refractivity contribution < 1.29 is 23.7 Å². The molecular formula is C20H32O5Si. The van der Waals surface area contributed by atoms with Gasteiger partial charge in [0.1, 0.15) is 24.4 Å². The molecule has 0 radical (unpaired) electrons. The van der Waals surface area contributed by atoms with E-state index in [0.717, 1.165) is 5.56 Å². The third kappa shape index (κ3) is 4.05. The summed E-state index contributed by atoms with van der Waals surface area (Å²) in [7, 11) is -1.88. The topological polar surface area (TPSA) is 57.2 Å². The molecule has 0 saturated carbocycles. The molecule has 2 aliphatic rings. The highest BCUT2D eigenvalue weighted by molar-refractivity contribution is 6.74. The summed E-state index contributed by atoms with van der Waals surface area (Å²) in [6, 6.07) is 9.78. The minimum absolute atomic E-state index is 0.0428. The molecule has 1 aromatic rings. The van der Waals surface area contributed by atoms with E-state index < -0.39 is 8.32 Å². The lowest BCUT2D eigenvalue weighted by molar-refractivity contribution is -0.0880. The molecule has 5 atom stereocenters. The van der Waals surface area contributed by atoms with Crippen LogP contribution < -0.4 is 0 Å². The van der Waals surface area contributed by atoms with E-state index >= 15 is 0 Å². The second-order valence-electron chi connectivity index (χ2n) is 8.77. The zero-order chi connectivity index (χ0) is 18.9. The van der Waals surface area contributed by atoms with E-state index in [1.54, 1.807) is 0 Å². The summed E-state index contributed by atoms with van der Waals surface area (Å²) in [4.78, 5) is 0. The molecule has 2 saturated heterocycles. The van der Waals surface area contributed by atoms with Crippen molar-refractivity contribution in [2.45, 2.75) is 69.4 Å². The van der Waals surface area contributed by atoms with Crippen molar-refractivity contribution in [3.05, 3.63) is 35.9 Å². The van der Waals surface area contributed by atoms with Gasteiger partial charge in [-0.25, -0.2) is 0 Å². The minimum atomic E-state index is -1.88. The largest absolute Gasteiger partial charge is 0.409 e. The lowest BCUT2D eigenvalue weighted by atomic mass is 10.1. The van der Waals surface area contributed by atoms with Gasteiger partial charge in [-0.15, -0.1) is 0 Å². The van der Waals surface area contributed by atoms with Crippen molar-refractivity contribution in [3.8, 4) is 0 Å². The number of ether oxygens (including phenoxy) is 3. The molecule has 26 heavy (non-hydrogen) atoms. The number of aliphatic hydroxyl groups excluding tert-OH is 1. The molecular weight excluding hydrogens is 348 g/mol. The summed E-state index contributed by atoms with van der Waals surface area (Å²) in [5.41, 5.74) is 0.963. The van der Waals surface area contributed by atoms with Crippen LogP contribution in [0.25, 0.3) is 0 Å². The molecule has 2 fully saturated rings. The van der Waals surface area contributed by atoms with Crippen LogP contribution in [0.3, 0.4) is 0 Å². The Kier molecular flexibility index (Phi) is 5.92. The van der Waals surface area contributed by atoms with E-state index in [-0.39, 0.29) is 42.2 Å². The third-order valence-electron chi connectivity index (χ3n) is 5.89. The second-order valence-corrected chi connectivity index (χ2v) is 13.5. The smallest absolute Gasteiger partial charge is 0.192 e. The average molecular weight is 381 g/mol. The van der Waals surface area contributed by atoms with Crippen LogP contribution in [0.1, 0.15) is 32.4 Å². The van der Waals surface area contributed by atoms with Crippen LogP contribution in [0, 0.1) is 0 Å². The number of rotatable bonds is 6. The van der Waals surface area contributed by atoms with Crippen molar-refractivity contribution in [2.75, 3.05) is 19.8 Å². The minimum Gasteiger partial charge on any atom is -0.409 e. The molecule has 6 heteroatoms. The molecule has 3 unspecified atom stereocenters. The Morgan fingerprint density at radius 2 is 1.65 bits per heavy atom. The fourth-order valence-corrected chi connectivity index (χ4v) is 4.62. The van der Waals surface area contributed by atoms with Gasteiger partial charge < -0.3 is 23.7 Å². The van der Waals surface area contributed by atoms with Crippen LogP contribution in [0.2, 0.25) is 18.1 Å². The number of fused-ring (bicyclic) bond motifs is 1.